The summed E-state index contributed by atoms with van der Waals surface area (Å²) in [4.78, 5) is 27.1. The molecule has 0 bridgehead atoms. The number of nitrogens with zero attached hydrogens (tertiary/aromatic N) is 1. The first-order valence-corrected chi connectivity index (χ1v) is 10.1. The minimum atomic E-state index is -0.656. The van der Waals surface area contributed by atoms with Gasteiger partial charge in [-0.1, -0.05) is 60.7 Å². The molecule has 1 N–H and O–H groups in total. The second-order valence-electron chi connectivity index (χ2n) is 7.73. The van der Waals surface area contributed by atoms with E-state index in [0.717, 1.165) is 17.7 Å². The van der Waals surface area contributed by atoms with Crippen LogP contribution >= 0.6 is 0 Å². The number of carbonyl (C=O) groups excluding carboxylic acids is 2. The van der Waals surface area contributed by atoms with Gasteiger partial charge in [-0.05, 0) is 46.4 Å². The molecule has 150 valence electrons. The topological polar surface area (TPSA) is 58.6 Å². The summed E-state index contributed by atoms with van der Waals surface area (Å²) in [5, 5.41) is 2.99. The van der Waals surface area contributed by atoms with Crippen LogP contribution in [-0.2, 0) is 27.3 Å². The zero-order chi connectivity index (χ0) is 20.5. The Balaban J connectivity index is 1.34. The molecule has 5 heteroatoms. The summed E-state index contributed by atoms with van der Waals surface area (Å²) in [6.45, 7) is 0.592. The van der Waals surface area contributed by atoms with Gasteiger partial charge >= 0.3 is 0 Å². The SMILES string of the molecule is O=C(Nc1ccc2c(c1)Cc1ccccc1-2)[C@@H]1COCC(=O)N1Cc1ccccc1. The Labute approximate surface area is 175 Å². The van der Waals surface area contributed by atoms with Crippen molar-refractivity contribution in [1.82, 2.24) is 4.90 Å². The summed E-state index contributed by atoms with van der Waals surface area (Å²) >= 11 is 0. The molecule has 1 aliphatic heterocycles. The lowest BCUT2D eigenvalue weighted by Crippen LogP contribution is -2.54. The lowest BCUT2D eigenvalue weighted by atomic mass is 10.1. The number of nitrogens with one attached hydrogen (secondary N) is 1. The van der Waals surface area contributed by atoms with E-state index in [1.807, 2.05) is 48.5 Å². The number of hydrogen-bond acceptors (Lipinski definition) is 3. The van der Waals surface area contributed by atoms with Gasteiger partial charge in [0.15, 0.2) is 0 Å². The summed E-state index contributed by atoms with van der Waals surface area (Å²) in [5.41, 5.74) is 6.70. The monoisotopic (exact) mass is 398 g/mol. The summed E-state index contributed by atoms with van der Waals surface area (Å²) in [6.07, 6.45) is 0.861. The first kappa shape index (κ1) is 18.6. The minimum absolute atomic E-state index is 0.00766. The quantitative estimate of drug-likeness (QED) is 0.571. The summed E-state index contributed by atoms with van der Waals surface area (Å²) in [6, 6.07) is 23.4. The highest BCUT2D eigenvalue weighted by molar-refractivity contribution is 5.98. The van der Waals surface area contributed by atoms with Gasteiger partial charge in [-0.25, -0.2) is 0 Å². The molecule has 1 atom stereocenters. The average molecular weight is 398 g/mol. The van der Waals surface area contributed by atoms with Crippen LogP contribution in [-0.4, -0.2) is 36.0 Å². The minimum Gasteiger partial charge on any atom is -0.369 e. The average Bonchev–Trinajstić information content (AvgIpc) is 3.13. The Morgan fingerprint density at radius 3 is 2.60 bits per heavy atom. The van der Waals surface area contributed by atoms with Crippen molar-refractivity contribution in [2.75, 3.05) is 18.5 Å². The van der Waals surface area contributed by atoms with Gasteiger partial charge < -0.3 is 15.0 Å². The lowest BCUT2D eigenvalue weighted by Gasteiger charge is -2.34. The van der Waals surface area contributed by atoms with Crippen LogP contribution in [0.5, 0.6) is 0 Å². The normalized spacial score (nSPS) is 17.4. The third-order valence-electron chi connectivity index (χ3n) is 5.76. The molecular formula is C25H22N2O3. The molecule has 3 aromatic rings. The van der Waals surface area contributed by atoms with Crippen LogP contribution in [0, 0.1) is 0 Å². The van der Waals surface area contributed by atoms with Gasteiger partial charge in [0.05, 0.1) is 6.61 Å². The van der Waals surface area contributed by atoms with Gasteiger partial charge in [0.25, 0.3) is 0 Å². The summed E-state index contributed by atoms with van der Waals surface area (Å²) in [5.74, 6) is -0.399. The number of morpholine rings is 1. The Bertz CT molecular complexity index is 1110. The number of amides is 2. The van der Waals surface area contributed by atoms with Gasteiger partial charge in [0, 0.05) is 12.2 Å². The highest BCUT2D eigenvalue weighted by atomic mass is 16.5. The van der Waals surface area contributed by atoms with Crippen molar-refractivity contribution in [1.29, 1.82) is 0 Å². The van der Waals surface area contributed by atoms with Crippen LogP contribution < -0.4 is 5.32 Å². The molecule has 0 unspecified atom stereocenters. The third kappa shape index (κ3) is 3.48. The van der Waals surface area contributed by atoms with Gasteiger partial charge in [-0.3, -0.25) is 9.59 Å². The van der Waals surface area contributed by atoms with Crippen molar-refractivity contribution in [3.8, 4) is 11.1 Å². The van der Waals surface area contributed by atoms with E-state index < -0.39 is 6.04 Å². The Hall–Kier alpha value is -3.44. The first-order valence-electron chi connectivity index (χ1n) is 10.1. The van der Waals surface area contributed by atoms with Crippen LogP contribution in [0.4, 0.5) is 5.69 Å². The third-order valence-corrected chi connectivity index (χ3v) is 5.76. The van der Waals surface area contributed by atoms with E-state index in [1.54, 1.807) is 4.90 Å². The number of anilines is 1. The van der Waals surface area contributed by atoms with Crippen molar-refractivity contribution >= 4 is 17.5 Å². The molecule has 0 radical (unpaired) electrons. The van der Waals surface area contributed by atoms with E-state index in [-0.39, 0.29) is 25.0 Å². The Morgan fingerprint density at radius 2 is 1.73 bits per heavy atom. The molecular weight excluding hydrogens is 376 g/mol. The van der Waals surface area contributed by atoms with Crippen molar-refractivity contribution in [3.63, 3.8) is 0 Å². The van der Waals surface area contributed by atoms with E-state index in [9.17, 15) is 9.59 Å². The number of hydrogen-bond donors (Lipinski definition) is 1. The Morgan fingerprint density at radius 1 is 0.967 bits per heavy atom. The number of ether oxygens (including phenoxy) is 1. The standard InChI is InChI=1S/C25H22N2O3/c28-24-16-30-15-23(27(24)14-17-6-2-1-3-7-17)25(29)26-20-10-11-22-19(13-20)12-18-8-4-5-9-21(18)22/h1-11,13,23H,12,14-16H2,(H,26,29)/t23-/m0/s1. The largest absolute Gasteiger partial charge is 0.369 e. The molecule has 0 spiro atoms. The molecule has 1 aliphatic carbocycles. The van der Waals surface area contributed by atoms with Crippen molar-refractivity contribution in [3.05, 3.63) is 89.5 Å². The van der Waals surface area contributed by atoms with Crippen LogP contribution in [0.3, 0.4) is 0 Å². The van der Waals surface area contributed by atoms with E-state index >= 15 is 0 Å². The highest BCUT2D eigenvalue weighted by Crippen LogP contribution is 2.37. The molecule has 5 nitrogen and oxygen atoms in total. The number of rotatable bonds is 4. The van der Waals surface area contributed by atoms with Crippen LogP contribution in [0.2, 0.25) is 0 Å². The zero-order valence-electron chi connectivity index (χ0n) is 16.5. The molecule has 1 saturated heterocycles. The number of fused-ring (bicyclic) bond motifs is 3. The van der Waals surface area contributed by atoms with Crippen LogP contribution in [0.1, 0.15) is 16.7 Å². The van der Waals surface area contributed by atoms with Crippen molar-refractivity contribution < 1.29 is 14.3 Å². The molecule has 3 aromatic carbocycles. The fourth-order valence-corrected chi connectivity index (χ4v) is 4.25. The number of carbonyl (C=O) groups is 2. The van der Waals surface area contributed by atoms with E-state index in [4.69, 9.17) is 4.74 Å². The number of benzene rings is 3. The molecule has 2 aliphatic rings. The molecule has 0 saturated carbocycles. The molecule has 5 rings (SSSR count). The zero-order valence-corrected chi connectivity index (χ0v) is 16.5. The van der Waals surface area contributed by atoms with Gasteiger partial charge in [-0.2, -0.15) is 0 Å². The molecule has 2 amide bonds. The maximum Gasteiger partial charge on any atom is 0.249 e. The molecule has 1 heterocycles. The predicted octanol–water partition coefficient (Wildman–Crippen LogP) is 3.62. The first-order chi connectivity index (χ1) is 14.7. The van der Waals surface area contributed by atoms with E-state index in [0.29, 0.717) is 6.54 Å². The lowest BCUT2D eigenvalue weighted by molar-refractivity contribution is -0.154. The predicted molar refractivity (Wildman–Crippen MR) is 115 cm³/mol. The van der Waals surface area contributed by atoms with Crippen molar-refractivity contribution in [2.45, 2.75) is 19.0 Å². The highest BCUT2D eigenvalue weighted by Gasteiger charge is 2.34. The van der Waals surface area contributed by atoms with E-state index in [2.05, 4.69) is 29.6 Å². The Kier molecular flexibility index (Phi) is 4.81. The van der Waals surface area contributed by atoms with Gasteiger partial charge in [0.2, 0.25) is 11.8 Å². The smallest absolute Gasteiger partial charge is 0.249 e. The summed E-state index contributed by atoms with van der Waals surface area (Å²) in [7, 11) is 0. The molecule has 30 heavy (non-hydrogen) atoms. The molecule has 0 aromatic heterocycles. The second kappa shape index (κ2) is 7.76. The maximum absolute atomic E-state index is 13.0. The fourth-order valence-electron chi connectivity index (χ4n) is 4.25. The maximum atomic E-state index is 13.0. The van der Waals surface area contributed by atoms with Gasteiger partial charge in [0.1, 0.15) is 12.6 Å². The van der Waals surface area contributed by atoms with Gasteiger partial charge in [-0.15, -0.1) is 0 Å². The van der Waals surface area contributed by atoms with Crippen molar-refractivity contribution in [2.24, 2.45) is 0 Å². The van der Waals surface area contributed by atoms with E-state index in [1.165, 1.54) is 22.3 Å². The fraction of sp³-hybridized carbons (Fsp3) is 0.200. The van der Waals surface area contributed by atoms with Crippen LogP contribution in [0.15, 0.2) is 72.8 Å². The van der Waals surface area contributed by atoms with Crippen LogP contribution in [0.25, 0.3) is 11.1 Å². The second-order valence-corrected chi connectivity index (χ2v) is 7.73. The summed E-state index contributed by atoms with van der Waals surface area (Å²) < 4.78 is 5.39. The molecule has 1 fully saturated rings.